The quantitative estimate of drug-likeness (QED) is 0.522. The maximum absolute atomic E-state index is 13.0. The highest BCUT2D eigenvalue weighted by molar-refractivity contribution is 7.20. The lowest BCUT2D eigenvalue weighted by atomic mass is 10.1. The molecule has 160 valence electrons. The van der Waals surface area contributed by atoms with Crippen LogP contribution in [-0.2, 0) is 13.5 Å². The minimum atomic E-state index is -0.305. The van der Waals surface area contributed by atoms with Crippen molar-refractivity contribution in [3.05, 3.63) is 86.8 Å². The molecule has 0 saturated heterocycles. The first-order valence-corrected chi connectivity index (χ1v) is 11.0. The van der Waals surface area contributed by atoms with Crippen molar-refractivity contribution in [1.29, 1.82) is 0 Å². The minimum absolute atomic E-state index is 0.0601. The molecular weight excluding hydrogens is 424 g/mol. The molecule has 5 rings (SSSR count). The summed E-state index contributed by atoms with van der Waals surface area (Å²) in [6.07, 6.45) is 2.30. The molecule has 0 fully saturated rings. The van der Waals surface area contributed by atoms with E-state index in [2.05, 4.69) is 10.3 Å². The number of fused-ring (bicyclic) bond motifs is 2. The number of anilines is 2. The standard InChI is InChI=1S/C24H20N4O3S/c1-14-19-22(25-13-27(2)24(19)31)32-20(14)21(29)26-17-9-7-16(8-10-17)23(30)28-12-11-15-5-3-4-6-18(15)28/h3-10,13H,11-12H2,1-2H3,(H,26,29). The third-order valence-electron chi connectivity index (χ3n) is 5.74. The first-order chi connectivity index (χ1) is 15.4. The highest BCUT2D eigenvalue weighted by atomic mass is 32.1. The largest absolute Gasteiger partial charge is 0.321 e. The second-order valence-electron chi connectivity index (χ2n) is 7.76. The molecule has 3 heterocycles. The van der Waals surface area contributed by atoms with Crippen molar-refractivity contribution in [2.75, 3.05) is 16.8 Å². The molecule has 0 aliphatic carbocycles. The van der Waals surface area contributed by atoms with Gasteiger partial charge in [0.15, 0.2) is 0 Å². The first kappa shape index (κ1) is 20.1. The van der Waals surface area contributed by atoms with Gasteiger partial charge in [0.25, 0.3) is 17.4 Å². The Labute approximate surface area is 187 Å². The van der Waals surface area contributed by atoms with Crippen molar-refractivity contribution in [1.82, 2.24) is 9.55 Å². The van der Waals surface area contributed by atoms with E-state index in [1.807, 2.05) is 24.3 Å². The van der Waals surface area contributed by atoms with E-state index in [0.29, 0.717) is 38.5 Å². The zero-order valence-electron chi connectivity index (χ0n) is 17.6. The highest BCUT2D eigenvalue weighted by Crippen LogP contribution is 2.30. The Balaban J connectivity index is 1.35. The summed E-state index contributed by atoms with van der Waals surface area (Å²) in [6, 6.07) is 14.8. The summed E-state index contributed by atoms with van der Waals surface area (Å²) in [5.74, 6) is -0.366. The molecule has 2 amide bonds. The van der Waals surface area contributed by atoms with Crippen molar-refractivity contribution >= 4 is 44.7 Å². The van der Waals surface area contributed by atoms with Gasteiger partial charge < -0.3 is 14.8 Å². The van der Waals surface area contributed by atoms with Gasteiger partial charge in [0.1, 0.15) is 4.83 Å². The molecule has 4 aromatic rings. The van der Waals surface area contributed by atoms with Gasteiger partial charge in [-0.25, -0.2) is 4.98 Å². The van der Waals surface area contributed by atoms with Crippen molar-refractivity contribution in [2.24, 2.45) is 7.05 Å². The lowest BCUT2D eigenvalue weighted by molar-refractivity contribution is 0.0988. The summed E-state index contributed by atoms with van der Waals surface area (Å²) in [7, 11) is 1.63. The molecule has 7 nitrogen and oxygen atoms in total. The second kappa shape index (κ2) is 7.72. The zero-order valence-corrected chi connectivity index (χ0v) is 18.4. The number of para-hydroxylation sites is 1. The van der Waals surface area contributed by atoms with Gasteiger partial charge in [0.2, 0.25) is 0 Å². The zero-order chi connectivity index (χ0) is 22.4. The molecule has 1 N–H and O–H groups in total. The van der Waals surface area contributed by atoms with Crippen LogP contribution in [0.4, 0.5) is 11.4 Å². The molecule has 1 aliphatic heterocycles. The maximum atomic E-state index is 13.0. The van der Waals surface area contributed by atoms with Crippen LogP contribution in [0, 0.1) is 6.92 Å². The number of benzene rings is 2. The predicted octanol–water partition coefficient (Wildman–Crippen LogP) is 3.76. The number of rotatable bonds is 3. The van der Waals surface area contributed by atoms with Gasteiger partial charge in [0.05, 0.1) is 16.6 Å². The molecular formula is C24H20N4O3S. The SMILES string of the molecule is Cc1c(C(=O)Nc2ccc(C(=O)N3CCc4ccccc43)cc2)sc2ncn(C)c(=O)c12. The lowest BCUT2D eigenvalue weighted by Crippen LogP contribution is -2.28. The van der Waals surface area contributed by atoms with E-state index in [1.54, 1.807) is 43.1 Å². The molecule has 0 atom stereocenters. The van der Waals surface area contributed by atoms with E-state index in [0.717, 1.165) is 12.1 Å². The number of aryl methyl sites for hydroxylation is 2. The number of nitrogens with one attached hydrogen (secondary N) is 1. The van der Waals surface area contributed by atoms with Gasteiger partial charge in [-0.3, -0.25) is 14.4 Å². The molecule has 2 aromatic carbocycles. The number of aromatic nitrogens is 2. The number of amides is 2. The summed E-state index contributed by atoms with van der Waals surface area (Å²) in [5, 5.41) is 3.32. The topological polar surface area (TPSA) is 84.3 Å². The first-order valence-electron chi connectivity index (χ1n) is 10.2. The van der Waals surface area contributed by atoms with E-state index in [-0.39, 0.29) is 17.4 Å². The fourth-order valence-corrected chi connectivity index (χ4v) is 5.05. The summed E-state index contributed by atoms with van der Waals surface area (Å²) in [6.45, 7) is 2.42. The molecule has 0 radical (unpaired) electrons. The minimum Gasteiger partial charge on any atom is -0.321 e. The Kier molecular flexibility index (Phi) is 4.86. The number of nitrogens with zero attached hydrogens (tertiary/aromatic N) is 3. The van der Waals surface area contributed by atoms with Crippen LogP contribution in [0.25, 0.3) is 10.2 Å². The van der Waals surface area contributed by atoms with Crippen LogP contribution in [0.5, 0.6) is 0 Å². The molecule has 2 aromatic heterocycles. The van der Waals surface area contributed by atoms with Gasteiger partial charge >= 0.3 is 0 Å². The number of hydrogen-bond donors (Lipinski definition) is 1. The van der Waals surface area contributed by atoms with Gasteiger partial charge in [0, 0.05) is 30.5 Å². The van der Waals surface area contributed by atoms with Crippen LogP contribution >= 0.6 is 11.3 Å². The molecule has 0 unspecified atom stereocenters. The van der Waals surface area contributed by atoms with E-state index in [1.165, 1.54) is 27.8 Å². The van der Waals surface area contributed by atoms with Gasteiger partial charge in [-0.2, -0.15) is 0 Å². The normalized spacial score (nSPS) is 12.8. The van der Waals surface area contributed by atoms with Gasteiger partial charge in [-0.1, -0.05) is 18.2 Å². The highest BCUT2D eigenvalue weighted by Gasteiger charge is 2.25. The van der Waals surface area contributed by atoms with Crippen LogP contribution in [0.3, 0.4) is 0 Å². The molecule has 0 saturated carbocycles. The summed E-state index contributed by atoms with van der Waals surface area (Å²) < 4.78 is 1.40. The van der Waals surface area contributed by atoms with Crippen LogP contribution in [0.15, 0.2) is 59.7 Å². The van der Waals surface area contributed by atoms with Gasteiger partial charge in [-0.05, 0) is 54.8 Å². The molecule has 8 heteroatoms. The number of carbonyl (C=O) groups is 2. The molecule has 0 bridgehead atoms. The fraction of sp³-hybridized carbons (Fsp3) is 0.167. The molecule has 0 spiro atoms. The Hall–Kier alpha value is -3.78. The van der Waals surface area contributed by atoms with Gasteiger partial charge in [-0.15, -0.1) is 11.3 Å². The van der Waals surface area contributed by atoms with E-state index >= 15 is 0 Å². The Morgan fingerprint density at radius 3 is 2.62 bits per heavy atom. The smallest absolute Gasteiger partial charge is 0.266 e. The van der Waals surface area contributed by atoms with Crippen molar-refractivity contribution < 1.29 is 9.59 Å². The fourth-order valence-electron chi connectivity index (χ4n) is 4.01. The number of hydrogen-bond acceptors (Lipinski definition) is 5. The van der Waals surface area contributed by atoms with Crippen LogP contribution in [0.2, 0.25) is 0 Å². The summed E-state index contributed by atoms with van der Waals surface area (Å²) in [4.78, 5) is 45.3. The third kappa shape index (κ3) is 3.29. The monoisotopic (exact) mass is 444 g/mol. The van der Waals surface area contributed by atoms with E-state index in [9.17, 15) is 14.4 Å². The summed E-state index contributed by atoms with van der Waals surface area (Å²) in [5.41, 5.74) is 3.71. The Morgan fingerprint density at radius 2 is 1.84 bits per heavy atom. The number of carbonyl (C=O) groups excluding carboxylic acids is 2. The average molecular weight is 445 g/mol. The Morgan fingerprint density at radius 1 is 1.09 bits per heavy atom. The molecule has 1 aliphatic rings. The summed E-state index contributed by atoms with van der Waals surface area (Å²) >= 11 is 1.20. The average Bonchev–Trinajstić information content (AvgIpc) is 3.38. The van der Waals surface area contributed by atoms with Crippen molar-refractivity contribution in [2.45, 2.75) is 13.3 Å². The lowest BCUT2D eigenvalue weighted by Gasteiger charge is -2.17. The predicted molar refractivity (Wildman–Crippen MR) is 126 cm³/mol. The van der Waals surface area contributed by atoms with E-state index < -0.39 is 0 Å². The van der Waals surface area contributed by atoms with E-state index in [4.69, 9.17) is 0 Å². The molecule has 32 heavy (non-hydrogen) atoms. The van der Waals surface area contributed by atoms with Crippen LogP contribution < -0.4 is 15.8 Å². The van der Waals surface area contributed by atoms with Crippen LogP contribution in [0.1, 0.15) is 31.2 Å². The maximum Gasteiger partial charge on any atom is 0.266 e. The van der Waals surface area contributed by atoms with Crippen molar-refractivity contribution in [3.8, 4) is 0 Å². The number of thiophene rings is 1. The van der Waals surface area contributed by atoms with Crippen LogP contribution in [-0.4, -0.2) is 27.9 Å². The van der Waals surface area contributed by atoms with Crippen molar-refractivity contribution in [3.63, 3.8) is 0 Å². The third-order valence-corrected chi connectivity index (χ3v) is 6.94. The second-order valence-corrected chi connectivity index (χ2v) is 8.76. The Bertz CT molecular complexity index is 1440.